The largest absolute Gasteiger partial charge is 0.356 e. The fourth-order valence-electron chi connectivity index (χ4n) is 2.96. The molecule has 0 atom stereocenters. The second-order valence-corrected chi connectivity index (χ2v) is 5.79. The number of rotatable bonds is 3. The first-order valence-corrected chi connectivity index (χ1v) is 7.76. The molecule has 2 aliphatic rings. The van der Waals surface area contributed by atoms with Gasteiger partial charge >= 0.3 is 0 Å². The second-order valence-electron chi connectivity index (χ2n) is 5.79. The Labute approximate surface area is 129 Å². The first-order chi connectivity index (χ1) is 10.7. The van der Waals surface area contributed by atoms with Crippen LogP contribution in [0, 0.1) is 6.92 Å². The zero-order valence-corrected chi connectivity index (χ0v) is 12.9. The van der Waals surface area contributed by atoms with E-state index >= 15 is 0 Å². The molecule has 2 aliphatic heterocycles. The van der Waals surface area contributed by atoms with Gasteiger partial charge in [0.15, 0.2) is 0 Å². The summed E-state index contributed by atoms with van der Waals surface area (Å²) >= 11 is 0. The van der Waals surface area contributed by atoms with E-state index in [1.807, 2.05) is 6.92 Å². The summed E-state index contributed by atoms with van der Waals surface area (Å²) in [6.45, 7) is 6.07. The van der Waals surface area contributed by atoms with Gasteiger partial charge in [-0.25, -0.2) is 9.97 Å². The summed E-state index contributed by atoms with van der Waals surface area (Å²) in [5.74, 6) is 1.40. The van der Waals surface area contributed by atoms with Gasteiger partial charge in [0, 0.05) is 45.3 Å². The fourth-order valence-corrected chi connectivity index (χ4v) is 2.96. The van der Waals surface area contributed by atoms with Crippen LogP contribution in [0.3, 0.4) is 0 Å². The summed E-state index contributed by atoms with van der Waals surface area (Å²) in [7, 11) is 0. The number of anilines is 1. The summed E-state index contributed by atoms with van der Waals surface area (Å²) in [5.41, 5.74) is 0.453. The summed E-state index contributed by atoms with van der Waals surface area (Å²) < 4.78 is 0. The molecule has 0 N–H and O–H groups in total. The molecule has 0 aliphatic carbocycles. The van der Waals surface area contributed by atoms with Crippen molar-refractivity contribution in [3.8, 4) is 0 Å². The van der Waals surface area contributed by atoms with Crippen molar-refractivity contribution in [1.29, 1.82) is 0 Å². The summed E-state index contributed by atoms with van der Waals surface area (Å²) in [5, 5.41) is 0. The monoisotopic (exact) mass is 303 g/mol. The Morgan fingerprint density at radius 2 is 1.77 bits per heavy atom. The smallest absolute Gasteiger partial charge is 0.272 e. The number of hydrogen-bond acceptors (Lipinski definition) is 5. The lowest BCUT2D eigenvalue weighted by atomic mass is 10.2. The molecule has 0 unspecified atom stereocenters. The number of piperazine rings is 1. The van der Waals surface area contributed by atoms with Crippen LogP contribution >= 0.6 is 0 Å². The highest BCUT2D eigenvalue weighted by molar-refractivity contribution is 5.93. The third-order valence-corrected chi connectivity index (χ3v) is 4.22. The minimum atomic E-state index is -0.0727. The van der Waals surface area contributed by atoms with Crippen molar-refractivity contribution < 1.29 is 9.59 Å². The number of hydrogen-bond donors (Lipinski definition) is 0. The van der Waals surface area contributed by atoms with Crippen LogP contribution in [0.15, 0.2) is 6.07 Å². The second kappa shape index (κ2) is 6.29. The Morgan fingerprint density at radius 1 is 1.09 bits per heavy atom. The zero-order valence-electron chi connectivity index (χ0n) is 12.9. The Balaban J connectivity index is 1.76. The van der Waals surface area contributed by atoms with Crippen LogP contribution in [0.5, 0.6) is 0 Å². The van der Waals surface area contributed by atoms with Crippen LogP contribution in [0.1, 0.15) is 29.2 Å². The lowest BCUT2D eigenvalue weighted by Gasteiger charge is -2.32. The first-order valence-electron chi connectivity index (χ1n) is 7.76. The lowest BCUT2D eigenvalue weighted by molar-refractivity contribution is -0.119. The number of aryl methyl sites for hydroxylation is 1. The highest BCUT2D eigenvalue weighted by atomic mass is 16.2. The predicted octanol–water partition coefficient (Wildman–Crippen LogP) is 0.299. The molecule has 1 aromatic rings. The zero-order chi connectivity index (χ0) is 15.5. The molecule has 2 amide bonds. The lowest BCUT2D eigenvalue weighted by Crippen LogP contribution is -2.48. The first kappa shape index (κ1) is 14.7. The molecule has 3 heterocycles. The maximum atomic E-state index is 12.6. The minimum Gasteiger partial charge on any atom is -0.356 e. The quantitative estimate of drug-likeness (QED) is 0.751. The maximum absolute atomic E-state index is 12.6. The topological polar surface area (TPSA) is 69.6 Å². The van der Waals surface area contributed by atoms with E-state index in [2.05, 4.69) is 14.9 Å². The van der Waals surface area contributed by atoms with Crippen LogP contribution in [0.25, 0.3) is 0 Å². The average Bonchev–Trinajstić information content (AvgIpc) is 3.08. The van der Waals surface area contributed by atoms with Gasteiger partial charge in [-0.2, -0.15) is 0 Å². The maximum Gasteiger partial charge on any atom is 0.272 e. The molecule has 0 bridgehead atoms. The van der Waals surface area contributed by atoms with Crippen LogP contribution in [0.2, 0.25) is 0 Å². The number of aromatic nitrogens is 2. The van der Waals surface area contributed by atoms with Gasteiger partial charge in [-0.05, 0) is 19.8 Å². The van der Waals surface area contributed by atoms with Gasteiger partial charge in [-0.3, -0.25) is 9.59 Å². The molecule has 1 aromatic heterocycles. The van der Waals surface area contributed by atoms with Crippen LogP contribution in [0.4, 0.5) is 5.82 Å². The molecule has 2 saturated heterocycles. The average molecular weight is 303 g/mol. The Kier molecular flexibility index (Phi) is 4.22. The van der Waals surface area contributed by atoms with E-state index in [-0.39, 0.29) is 5.91 Å². The number of amides is 2. The van der Waals surface area contributed by atoms with Crippen LogP contribution in [-0.4, -0.2) is 71.4 Å². The molecule has 22 heavy (non-hydrogen) atoms. The van der Waals surface area contributed by atoms with Crippen molar-refractivity contribution in [1.82, 2.24) is 19.8 Å². The van der Waals surface area contributed by atoms with E-state index < -0.39 is 0 Å². The summed E-state index contributed by atoms with van der Waals surface area (Å²) in [6, 6.07) is 1.80. The Hall–Kier alpha value is -2.18. The molecule has 118 valence electrons. The molecular formula is C15H21N5O2. The van der Waals surface area contributed by atoms with Gasteiger partial charge in [0.25, 0.3) is 5.91 Å². The van der Waals surface area contributed by atoms with Crippen molar-refractivity contribution in [3.05, 3.63) is 17.6 Å². The van der Waals surface area contributed by atoms with Crippen molar-refractivity contribution >= 4 is 18.1 Å². The molecule has 0 spiro atoms. The van der Waals surface area contributed by atoms with Gasteiger partial charge < -0.3 is 14.7 Å². The van der Waals surface area contributed by atoms with E-state index in [0.29, 0.717) is 37.7 Å². The molecule has 3 rings (SSSR count). The van der Waals surface area contributed by atoms with E-state index in [4.69, 9.17) is 0 Å². The van der Waals surface area contributed by atoms with Gasteiger partial charge in [0.05, 0.1) is 0 Å². The predicted molar refractivity (Wildman–Crippen MR) is 81.8 cm³/mol. The van der Waals surface area contributed by atoms with Crippen molar-refractivity contribution in [2.45, 2.75) is 19.8 Å². The standard InChI is InChI=1S/C15H21N5O2/c1-12-16-13(10-14(17-12)19-4-2-3-5-19)15(22)20-8-6-18(11-21)7-9-20/h10-11H,2-9H2,1H3. The van der Waals surface area contributed by atoms with Crippen LogP contribution < -0.4 is 4.90 Å². The van der Waals surface area contributed by atoms with E-state index in [1.54, 1.807) is 15.9 Å². The number of carbonyl (C=O) groups excluding carboxylic acids is 2. The molecule has 7 heteroatoms. The summed E-state index contributed by atoms with van der Waals surface area (Å²) in [6.07, 6.45) is 3.17. The molecule has 0 radical (unpaired) electrons. The van der Waals surface area contributed by atoms with Crippen LogP contribution in [-0.2, 0) is 4.79 Å². The molecule has 2 fully saturated rings. The summed E-state index contributed by atoms with van der Waals surface area (Å²) in [4.78, 5) is 37.8. The third kappa shape index (κ3) is 3.03. The Morgan fingerprint density at radius 3 is 2.41 bits per heavy atom. The van der Waals surface area contributed by atoms with E-state index in [1.165, 1.54) is 12.8 Å². The fraction of sp³-hybridized carbons (Fsp3) is 0.600. The van der Waals surface area contributed by atoms with Crippen molar-refractivity contribution in [2.75, 3.05) is 44.2 Å². The Bertz CT molecular complexity index is 563. The number of nitrogens with zero attached hydrogens (tertiary/aromatic N) is 5. The van der Waals surface area contributed by atoms with Gasteiger partial charge in [-0.15, -0.1) is 0 Å². The van der Waals surface area contributed by atoms with E-state index in [0.717, 1.165) is 25.3 Å². The van der Waals surface area contributed by atoms with Gasteiger partial charge in [-0.1, -0.05) is 0 Å². The molecule has 0 aromatic carbocycles. The molecule has 7 nitrogen and oxygen atoms in total. The minimum absolute atomic E-state index is 0.0727. The molecule has 0 saturated carbocycles. The van der Waals surface area contributed by atoms with E-state index in [9.17, 15) is 9.59 Å². The molecular weight excluding hydrogens is 282 g/mol. The van der Waals surface area contributed by atoms with Gasteiger partial charge in [0.2, 0.25) is 6.41 Å². The normalized spacial score (nSPS) is 18.7. The third-order valence-electron chi connectivity index (χ3n) is 4.22. The SMILES string of the molecule is Cc1nc(C(=O)N2CCN(C=O)CC2)cc(N2CCCC2)n1. The number of carbonyl (C=O) groups is 2. The van der Waals surface area contributed by atoms with Gasteiger partial charge in [0.1, 0.15) is 17.3 Å². The highest BCUT2D eigenvalue weighted by Crippen LogP contribution is 2.19. The highest BCUT2D eigenvalue weighted by Gasteiger charge is 2.24. The van der Waals surface area contributed by atoms with Crippen molar-refractivity contribution in [2.24, 2.45) is 0 Å². The van der Waals surface area contributed by atoms with Crippen molar-refractivity contribution in [3.63, 3.8) is 0 Å².